The summed E-state index contributed by atoms with van der Waals surface area (Å²) in [5.41, 5.74) is 10.1. The molecule has 0 saturated heterocycles. The molecule has 1 unspecified atom stereocenters. The van der Waals surface area contributed by atoms with E-state index in [4.69, 9.17) is 5.73 Å². The van der Waals surface area contributed by atoms with Crippen molar-refractivity contribution in [3.8, 4) is 0 Å². The summed E-state index contributed by atoms with van der Waals surface area (Å²) in [4.78, 5) is 14.2. The predicted octanol–water partition coefficient (Wildman–Crippen LogP) is 3.27. The van der Waals surface area contributed by atoms with Gasteiger partial charge in [-0.05, 0) is 34.9 Å². The quantitative estimate of drug-likeness (QED) is 0.924. The smallest absolute Gasteiger partial charge is 0.223 e. The van der Waals surface area contributed by atoms with E-state index in [2.05, 4.69) is 45.9 Å². The van der Waals surface area contributed by atoms with Crippen LogP contribution < -0.4 is 5.73 Å². The zero-order valence-corrected chi connectivity index (χ0v) is 13.7. The third-order valence-corrected chi connectivity index (χ3v) is 4.28. The summed E-state index contributed by atoms with van der Waals surface area (Å²) in [5, 5.41) is 0. The van der Waals surface area contributed by atoms with Crippen molar-refractivity contribution in [2.45, 2.75) is 53.1 Å². The number of hydrogen-bond donors (Lipinski definition) is 1. The lowest BCUT2D eigenvalue weighted by molar-refractivity contribution is -0.132. The van der Waals surface area contributed by atoms with Crippen molar-refractivity contribution >= 4 is 5.91 Å². The van der Waals surface area contributed by atoms with Crippen LogP contribution in [0.3, 0.4) is 0 Å². The van der Waals surface area contributed by atoms with Crippen LogP contribution in [0.25, 0.3) is 0 Å². The van der Waals surface area contributed by atoms with Crippen LogP contribution in [-0.2, 0) is 17.8 Å². The fourth-order valence-corrected chi connectivity index (χ4v) is 2.86. The summed E-state index contributed by atoms with van der Waals surface area (Å²) in [6.45, 7) is 10.0. The van der Waals surface area contributed by atoms with Gasteiger partial charge in [-0.15, -0.1) is 0 Å². The van der Waals surface area contributed by atoms with Crippen molar-refractivity contribution in [3.05, 3.63) is 34.9 Å². The molecular formula is C18H28N2O. The molecule has 1 atom stereocenters. The van der Waals surface area contributed by atoms with Crippen LogP contribution in [0, 0.1) is 11.8 Å². The van der Waals surface area contributed by atoms with Gasteiger partial charge in [0.15, 0.2) is 0 Å². The Hall–Kier alpha value is -1.35. The third-order valence-electron chi connectivity index (χ3n) is 4.28. The average molecular weight is 288 g/mol. The number of rotatable bonds is 4. The van der Waals surface area contributed by atoms with E-state index in [1.54, 1.807) is 0 Å². The standard InChI is InChI=1S/C18H28N2O/c1-12(2)9-17(21)20-8-7-14-5-6-15(10-16(14)11-20)18(19)13(3)4/h5-6,10,12-13,18H,7-9,11,19H2,1-4H3. The van der Waals surface area contributed by atoms with Crippen LogP contribution in [0.15, 0.2) is 18.2 Å². The summed E-state index contributed by atoms with van der Waals surface area (Å²) >= 11 is 0. The maximum absolute atomic E-state index is 12.2. The number of fused-ring (bicyclic) bond motifs is 1. The molecule has 1 aromatic rings. The van der Waals surface area contributed by atoms with Crippen molar-refractivity contribution < 1.29 is 4.79 Å². The molecule has 3 nitrogen and oxygen atoms in total. The van der Waals surface area contributed by atoms with Crippen LogP contribution in [0.1, 0.15) is 56.8 Å². The van der Waals surface area contributed by atoms with Crippen molar-refractivity contribution in [1.29, 1.82) is 0 Å². The second kappa shape index (κ2) is 6.61. The van der Waals surface area contributed by atoms with Gasteiger partial charge in [-0.1, -0.05) is 45.9 Å². The van der Waals surface area contributed by atoms with E-state index in [9.17, 15) is 4.79 Å². The van der Waals surface area contributed by atoms with Gasteiger partial charge in [-0.25, -0.2) is 0 Å². The molecule has 1 aromatic carbocycles. The van der Waals surface area contributed by atoms with Gasteiger partial charge < -0.3 is 10.6 Å². The molecule has 0 spiro atoms. The van der Waals surface area contributed by atoms with Crippen molar-refractivity contribution in [2.75, 3.05) is 6.54 Å². The van der Waals surface area contributed by atoms with Crippen LogP contribution in [0.5, 0.6) is 0 Å². The van der Waals surface area contributed by atoms with Crippen molar-refractivity contribution in [1.82, 2.24) is 4.90 Å². The molecule has 0 radical (unpaired) electrons. The molecule has 0 aliphatic carbocycles. The van der Waals surface area contributed by atoms with Crippen molar-refractivity contribution in [3.63, 3.8) is 0 Å². The van der Waals surface area contributed by atoms with Gasteiger partial charge >= 0.3 is 0 Å². The van der Waals surface area contributed by atoms with Gasteiger partial charge in [0.2, 0.25) is 5.91 Å². The zero-order chi connectivity index (χ0) is 15.6. The lowest BCUT2D eigenvalue weighted by Gasteiger charge is -2.30. The Labute approximate surface area is 128 Å². The number of benzene rings is 1. The molecule has 0 aromatic heterocycles. The fourth-order valence-electron chi connectivity index (χ4n) is 2.86. The Morgan fingerprint density at radius 3 is 2.57 bits per heavy atom. The Morgan fingerprint density at radius 2 is 1.95 bits per heavy atom. The van der Waals surface area contributed by atoms with Gasteiger partial charge in [0.05, 0.1) is 0 Å². The molecule has 1 aliphatic rings. The van der Waals surface area contributed by atoms with Crippen LogP contribution in [-0.4, -0.2) is 17.4 Å². The molecule has 1 amide bonds. The summed E-state index contributed by atoms with van der Waals surface area (Å²) in [6, 6.07) is 6.61. The Morgan fingerprint density at radius 1 is 1.24 bits per heavy atom. The maximum Gasteiger partial charge on any atom is 0.223 e. The molecule has 1 heterocycles. The highest BCUT2D eigenvalue weighted by atomic mass is 16.2. The minimum absolute atomic E-state index is 0.0667. The molecule has 0 fully saturated rings. The monoisotopic (exact) mass is 288 g/mol. The summed E-state index contributed by atoms with van der Waals surface area (Å²) < 4.78 is 0. The van der Waals surface area contributed by atoms with Gasteiger partial charge in [0.25, 0.3) is 0 Å². The first-order chi connectivity index (χ1) is 9.88. The molecule has 21 heavy (non-hydrogen) atoms. The molecule has 2 N–H and O–H groups in total. The van der Waals surface area contributed by atoms with E-state index in [0.29, 0.717) is 18.3 Å². The van der Waals surface area contributed by atoms with E-state index in [1.807, 2.05) is 4.90 Å². The van der Waals surface area contributed by atoms with Crippen LogP contribution in [0.2, 0.25) is 0 Å². The molecule has 2 rings (SSSR count). The minimum Gasteiger partial charge on any atom is -0.338 e. The molecule has 1 aliphatic heterocycles. The third kappa shape index (κ3) is 3.85. The normalized spacial score (nSPS) is 16.2. The minimum atomic E-state index is 0.0667. The van der Waals surface area contributed by atoms with Gasteiger partial charge in [-0.2, -0.15) is 0 Å². The number of carbonyl (C=O) groups is 1. The Bertz CT molecular complexity index is 508. The largest absolute Gasteiger partial charge is 0.338 e. The Kier molecular flexibility index (Phi) is 5.04. The summed E-state index contributed by atoms with van der Waals surface area (Å²) in [5.74, 6) is 1.11. The SMILES string of the molecule is CC(C)CC(=O)N1CCc2ccc(C(N)C(C)C)cc2C1. The van der Waals surface area contributed by atoms with Gasteiger partial charge in [0.1, 0.15) is 0 Å². The zero-order valence-electron chi connectivity index (χ0n) is 13.7. The molecule has 0 bridgehead atoms. The van der Waals surface area contributed by atoms with Crippen molar-refractivity contribution in [2.24, 2.45) is 17.6 Å². The maximum atomic E-state index is 12.2. The number of amides is 1. The highest BCUT2D eigenvalue weighted by molar-refractivity contribution is 5.76. The van der Waals surface area contributed by atoms with E-state index in [1.165, 1.54) is 16.7 Å². The van der Waals surface area contributed by atoms with E-state index in [0.717, 1.165) is 19.5 Å². The second-order valence-electron chi connectivity index (χ2n) is 6.96. The number of hydrogen-bond acceptors (Lipinski definition) is 2. The lowest BCUT2D eigenvalue weighted by atomic mass is 9.91. The molecule has 3 heteroatoms. The second-order valence-corrected chi connectivity index (χ2v) is 6.96. The molecular weight excluding hydrogens is 260 g/mol. The average Bonchev–Trinajstić information content (AvgIpc) is 2.44. The predicted molar refractivity (Wildman–Crippen MR) is 86.8 cm³/mol. The van der Waals surface area contributed by atoms with E-state index in [-0.39, 0.29) is 11.9 Å². The summed E-state index contributed by atoms with van der Waals surface area (Å²) in [7, 11) is 0. The first-order valence-corrected chi connectivity index (χ1v) is 8.03. The summed E-state index contributed by atoms with van der Waals surface area (Å²) in [6.07, 6.45) is 1.59. The van der Waals surface area contributed by atoms with Gasteiger partial charge in [0, 0.05) is 25.6 Å². The topological polar surface area (TPSA) is 46.3 Å². The molecule has 116 valence electrons. The van der Waals surface area contributed by atoms with Crippen LogP contribution in [0.4, 0.5) is 0 Å². The Balaban J connectivity index is 2.15. The first-order valence-electron chi connectivity index (χ1n) is 8.03. The van der Waals surface area contributed by atoms with Crippen LogP contribution >= 0.6 is 0 Å². The van der Waals surface area contributed by atoms with Gasteiger partial charge in [-0.3, -0.25) is 4.79 Å². The van der Waals surface area contributed by atoms with E-state index < -0.39 is 0 Å². The fraction of sp³-hybridized carbons (Fsp3) is 0.611. The number of nitrogens with two attached hydrogens (primary N) is 1. The van der Waals surface area contributed by atoms with E-state index >= 15 is 0 Å². The molecule has 0 saturated carbocycles. The highest BCUT2D eigenvalue weighted by Gasteiger charge is 2.22. The number of nitrogens with zero attached hydrogens (tertiary/aromatic N) is 1. The first kappa shape index (κ1) is 16.0. The number of carbonyl (C=O) groups excluding carboxylic acids is 1. The highest BCUT2D eigenvalue weighted by Crippen LogP contribution is 2.26. The lowest BCUT2D eigenvalue weighted by Crippen LogP contribution is -2.36.